The van der Waals surface area contributed by atoms with Gasteiger partial charge in [0, 0.05) is 12.3 Å². The molecule has 88 valence electrons. The summed E-state index contributed by atoms with van der Waals surface area (Å²) in [6.45, 7) is 2.00. The van der Waals surface area contributed by atoms with Crippen LogP contribution < -0.4 is 0 Å². The number of aliphatic hydroxyl groups is 2. The molecule has 0 saturated carbocycles. The van der Waals surface area contributed by atoms with E-state index in [1.807, 2.05) is 31.2 Å². The number of hydrogen-bond acceptors (Lipinski definition) is 3. The minimum atomic E-state index is -0.238. The molecule has 0 aliphatic heterocycles. The number of rotatable bonds is 1. The molecule has 0 heterocycles. The van der Waals surface area contributed by atoms with Crippen LogP contribution in [0, 0.1) is 6.92 Å². The highest BCUT2D eigenvalue weighted by molar-refractivity contribution is 6.00. The highest BCUT2D eigenvalue weighted by Gasteiger charge is 2.25. The molecule has 0 bridgehead atoms. The van der Waals surface area contributed by atoms with Crippen LogP contribution in [0.1, 0.15) is 23.5 Å². The number of ketones is 1. The number of benzene rings is 1. The van der Waals surface area contributed by atoms with Crippen LogP contribution >= 0.6 is 0 Å². The van der Waals surface area contributed by atoms with Gasteiger partial charge >= 0.3 is 0 Å². The lowest BCUT2D eigenvalue weighted by molar-refractivity contribution is -0.116. The lowest BCUT2D eigenvalue weighted by Gasteiger charge is -2.19. The topological polar surface area (TPSA) is 57.5 Å². The maximum Gasteiger partial charge on any atom is 0.170 e. The van der Waals surface area contributed by atoms with Crippen molar-refractivity contribution in [2.75, 3.05) is 0 Å². The summed E-state index contributed by atoms with van der Waals surface area (Å²) in [4.78, 5) is 11.7. The first-order valence-corrected chi connectivity index (χ1v) is 5.47. The van der Waals surface area contributed by atoms with Gasteiger partial charge in [-0.2, -0.15) is 0 Å². The van der Waals surface area contributed by atoms with Crippen LogP contribution in [0.15, 0.2) is 47.9 Å². The van der Waals surface area contributed by atoms with E-state index in [1.165, 1.54) is 0 Å². The standard InChI is InChI=1S/C14H14O3/c1-9-2-4-10(5-3-9)11-6-13(16)12(8-15)14(17)7-11/h2-6,8,11,15-16H,7H2,1H3/b12-8-. The molecule has 0 fully saturated rings. The number of Topliss-reactive ketones (excluding diaryl/α,β-unsaturated/α-hetero) is 1. The molecular weight excluding hydrogens is 216 g/mol. The minimum Gasteiger partial charge on any atom is -0.515 e. The van der Waals surface area contributed by atoms with Gasteiger partial charge in [0.05, 0.1) is 11.8 Å². The lowest BCUT2D eigenvalue weighted by atomic mass is 9.85. The molecule has 1 aliphatic carbocycles. The van der Waals surface area contributed by atoms with Gasteiger partial charge in [-0.25, -0.2) is 0 Å². The molecule has 1 atom stereocenters. The van der Waals surface area contributed by atoms with Gasteiger partial charge in [0.1, 0.15) is 5.76 Å². The summed E-state index contributed by atoms with van der Waals surface area (Å²) in [5.41, 5.74) is 2.14. The van der Waals surface area contributed by atoms with E-state index in [9.17, 15) is 9.90 Å². The summed E-state index contributed by atoms with van der Waals surface area (Å²) in [7, 11) is 0. The van der Waals surface area contributed by atoms with Crippen molar-refractivity contribution >= 4 is 5.78 Å². The van der Waals surface area contributed by atoms with Crippen molar-refractivity contribution in [1.29, 1.82) is 0 Å². The lowest BCUT2D eigenvalue weighted by Crippen LogP contribution is -2.16. The Bertz CT molecular complexity index is 495. The van der Waals surface area contributed by atoms with E-state index in [4.69, 9.17) is 5.11 Å². The molecule has 0 aromatic heterocycles. The van der Waals surface area contributed by atoms with Crippen molar-refractivity contribution in [3.8, 4) is 0 Å². The Morgan fingerprint density at radius 1 is 1.29 bits per heavy atom. The van der Waals surface area contributed by atoms with Crippen molar-refractivity contribution in [1.82, 2.24) is 0 Å². The van der Waals surface area contributed by atoms with Crippen molar-refractivity contribution < 1.29 is 15.0 Å². The van der Waals surface area contributed by atoms with Crippen LogP contribution in [0.4, 0.5) is 0 Å². The van der Waals surface area contributed by atoms with Crippen LogP contribution in [-0.4, -0.2) is 16.0 Å². The first-order chi connectivity index (χ1) is 8.11. The summed E-state index contributed by atoms with van der Waals surface area (Å²) < 4.78 is 0. The molecule has 2 rings (SSSR count). The average Bonchev–Trinajstić information content (AvgIpc) is 2.29. The predicted molar refractivity (Wildman–Crippen MR) is 65.0 cm³/mol. The van der Waals surface area contributed by atoms with Crippen LogP contribution in [-0.2, 0) is 4.79 Å². The van der Waals surface area contributed by atoms with Crippen molar-refractivity contribution in [3.05, 3.63) is 59.1 Å². The zero-order valence-electron chi connectivity index (χ0n) is 9.55. The first-order valence-electron chi connectivity index (χ1n) is 5.47. The Hall–Kier alpha value is -2.03. The summed E-state index contributed by atoms with van der Waals surface area (Å²) in [5, 5.41) is 18.5. The molecule has 1 aromatic rings. The average molecular weight is 230 g/mol. The summed E-state index contributed by atoms with van der Waals surface area (Å²) in [6, 6.07) is 7.85. The molecule has 0 amide bonds. The van der Waals surface area contributed by atoms with E-state index in [1.54, 1.807) is 6.08 Å². The fourth-order valence-corrected chi connectivity index (χ4v) is 1.96. The Kier molecular flexibility index (Phi) is 3.00. The number of allylic oxidation sites excluding steroid dienone is 2. The molecule has 0 radical (unpaired) electrons. The van der Waals surface area contributed by atoms with E-state index in [-0.39, 0.29) is 29.5 Å². The van der Waals surface area contributed by atoms with Gasteiger partial charge in [-0.15, -0.1) is 0 Å². The molecule has 0 spiro atoms. The summed E-state index contributed by atoms with van der Waals surface area (Å²) in [5.74, 6) is -0.501. The van der Waals surface area contributed by atoms with Crippen molar-refractivity contribution in [3.63, 3.8) is 0 Å². The van der Waals surface area contributed by atoms with Gasteiger partial charge < -0.3 is 10.2 Å². The van der Waals surface area contributed by atoms with Gasteiger partial charge in [-0.05, 0) is 18.6 Å². The number of carbonyl (C=O) groups is 1. The minimum absolute atomic E-state index is 0.00615. The number of carbonyl (C=O) groups excluding carboxylic acids is 1. The summed E-state index contributed by atoms with van der Waals surface area (Å²) in [6.07, 6.45) is 2.55. The van der Waals surface area contributed by atoms with Crippen molar-refractivity contribution in [2.45, 2.75) is 19.3 Å². The van der Waals surface area contributed by atoms with Crippen LogP contribution in [0.25, 0.3) is 0 Å². The third-order valence-electron chi connectivity index (χ3n) is 2.98. The smallest absolute Gasteiger partial charge is 0.170 e. The Morgan fingerprint density at radius 3 is 2.47 bits per heavy atom. The van der Waals surface area contributed by atoms with Gasteiger partial charge in [0.15, 0.2) is 5.78 Å². The molecule has 2 N–H and O–H groups in total. The molecular formula is C14H14O3. The monoisotopic (exact) mass is 230 g/mol. The Balaban J connectivity index is 2.34. The third-order valence-corrected chi connectivity index (χ3v) is 2.98. The maximum absolute atomic E-state index is 11.7. The molecule has 17 heavy (non-hydrogen) atoms. The van der Waals surface area contributed by atoms with Gasteiger partial charge in [0.25, 0.3) is 0 Å². The van der Waals surface area contributed by atoms with Crippen molar-refractivity contribution in [2.24, 2.45) is 0 Å². The fourth-order valence-electron chi connectivity index (χ4n) is 1.96. The number of aliphatic hydroxyl groups excluding tert-OH is 2. The molecule has 3 nitrogen and oxygen atoms in total. The fraction of sp³-hybridized carbons (Fsp3) is 0.214. The van der Waals surface area contributed by atoms with E-state index in [0.717, 1.165) is 11.1 Å². The van der Waals surface area contributed by atoms with E-state index in [0.29, 0.717) is 6.26 Å². The zero-order valence-corrected chi connectivity index (χ0v) is 9.55. The van der Waals surface area contributed by atoms with Gasteiger partial charge in [-0.1, -0.05) is 29.8 Å². The van der Waals surface area contributed by atoms with E-state index < -0.39 is 0 Å². The largest absolute Gasteiger partial charge is 0.515 e. The molecule has 3 heteroatoms. The highest BCUT2D eigenvalue weighted by atomic mass is 16.3. The highest BCUT2D eigenvalue weighted by Crippen LogP contribution is 2.30. The number of aryl methyl sites for hydroxylation is 1. The molecule has 1 unspecified atom stereocenters. The van der Waals surface area contributed by atoms with E-state index >= 15 is 0 Å². The van der Waals surface area contributed by atoms with Gasteiger partial charge in [0.2, 0.25) is 0 Å². The SMILES string of the molecule is Cc1ccc(C2C=C(O)/C(=C/O)C(=O)C2)cc1. The van der Waals surface area contributed by atoms with Crippen LogP contribution in [0.5, 0.6) is 0 Å². The Labute approximate surface area is 99.7 Å². The normalized spacial score (nSPS) is 22.6. The second-order valence-corrected chi connectivity index (χ2v) is 4.24. The second-order valence-electron chi connectivity index (χ2n) is 4.24. The second kappa shape index (κ2) is 4.45. The molecule has 1 aromatic carbocycles. The molecule has 1 aliphatic rings. The zero-order chi connectivity index (χ0) is 12.4. The number of hydrogen-bond donors (Lipinski definition) is 2. The van der Waals surface area contributed by atoms with Crippen LogP contribution in [0.2, 0.25) is 0 Å². The third kappa shape index (κ3) is 2.23. The van der Waals surface area contributed by atoms with Gasteiger partial charge in [-0.3, -0.25) is 4.79 Å². The first kappa shape index (κ1) is 11.5. The predicted octanol–water partition coefficient (Wildman–Crippen LogP) is 2.94. The maximum atomic E-state index is 11.7. The summed E-state index contributed by atoms with van der Waals surface area (Å²) >= 11 is 0. The van der Waals surface area contributed by atoms with Crippen LogP contribution in [0.3, 0.4) is 0 Å². The Morgan fingerprint density at radius 2 is 1.94 bits per heavy atom. The molecule has 0 saturated heterocycles. The quantitative estimate of drug-likeness (QED) is 0.576. The van der Waals surface area contributed by atoms with E-state index in [2.05, 4.69) is 0 Å².